The van der Waals surface area contributed by atoms with E-state index < -0.39 is 6.10 Å². The summed E-state index contributed by atoms with van der Waals surface area (Å²) in [7, 11) is 0. The van der Waals surface area contributed by atoms with Crippen LogP contribution in [0.15, 0.2) is 54.6 Å². The highest BCUT2D eigenvalue weighted by atomic mass is 19.1. The first-order valence-corrected chi connectivity index (χ1v) is 9.66. The van der Waals surface area contributed by atoms with Crippen LogP contribution in [-0.4, -0.2) is 35.4 Å². The Morgan fingerprint density at radius 2 is 1.80 bits per heavy atom. The fourth-order valence-corrected chi connectivity index (χ4v) is 2.69. The molecule has 1 aromatic heterocycles. The first kappa shape index (κ1) is 21.2. The van der Waals surface area contributed by atoms with Crippen molar-refractivity contribution in [1.29, 1.82) is 0 Å². The molecule has 6 nitrogen and oxygen atoms in total. The molecule has 0 bridgehead atoms. The van der Waals surface area contributed by atoms with Gasteiger partial charge in [-0.15, -0.1) is 10.2 Å². The molecule has 3 aromatic rings. The van der Waals surface area contributed by atoms with Crippen molar-refractivity contribution in [3.05, 3.63) is 71.5 Å². The third kappa shape index (κ3) is 5.76. The Morgan fingerprint density at radius 1 is 1.03 bits per heavy atom. The smallest absolute Gasteiger partial charge is 0.260 e. The van der Waals surface area contributed by atoms with E-state index in [4.69, 9.17) is 9.47 Å². The minimum absolute atomic E-state index is 0.227. The summed E-state index contributed by atoms with van der Waals surface area (Å²) < 4.78 is 24.2. The van der Waals surface area contributed by atoms with Gasteiger partial charge >= 0.3 is 0 Å². The maximum absolute atomic E-state index is 13.0. The third-order valence-corrected chi connectivity index (χ3v) is 4.59. The Balaban J connectivity index is 1.42. The maximum Gasteiger partial charge on any atom is 0.260 e. The second-order valence-corrected chi connectivity index (χ2v) is 6.91. The zero-order valence-electron chi connectivity index (χ0n) is 17.2. The molecular formula is C23H24FN3O3. The fourth-order valence-electron chi connectivity index (χ4n) is 2.69. The molecule has 30 heavy (non-hydrogen) atoms. The second kappa shape index (κ2) is 9.82. The van der Waals surface area contributed by atoms with E-state index in [-0.39, 0.29) is 18.3 Å². The predicted molar refractivity (Wildman–Crippen MR) is 112 cm³/mol. The van der Waals surface area contributed by atoms with Gasteiger partial charge in [-0.1, -0.05) is 6.07 Å². The van der Waals surface area contributed by atoms with Crippen LogP contribution in [0.4, 0.5) is 4.39 Å². The van der Waals surface area contributed by atoms with Gasteiger partial charge in [-0.05, 0) is 74.4 Å². The average molecular weight is 409 g/mol. The molecule has 0 radical (unpaired) electrons. The predicted octanol–water partition coefficient (Wildman–Crippen LogP) is 3.86. The molecule has 0 saturated carbocycles. The van der Waals surface area contributed by atoms with Crippen LogP contribution in [0.5, 0.6) is 11.6 Å². The molecule has 1 unspecified atom stereocenters. The summed E-state index contributed by atoms with van der Waals surface area (Å²) in [4.78, 5) is 12.2. The van der Waals surface area contributed by atoms with Crippen LogP contribution in [0.3, 0.4) is 0 Å². The molecule has 156 valence electrons. The number of carbonyl (C=O) groups excluding carboxylic acids is 1. The van der Waals surface area contributed by atoms with Crippen LogP contribution in [0, 0.1) is 19.7 Å². The topological polar surface area (TPSA) is 73.3 Å². The Hall–Kier alpha value is -3.48. The summed E-state index contributed by atoms with van der Waals surface area (Å²) in [5.41, 5.74) is 3.67. The number of ether oxygens (including phenoxy) is 2. The fraction of sp³-hybridized carbons (Fsp3) is 0.261. The number of carbonyl (C=O) groups is 1. The summed E-state index contributed by atoms with van der Waals surface area (Å²) >= 11 is 0. The molecule has 1 amide bonds. The number of benzene rings is 2. The lowest BCUT2D eigenvalue weighted by Gasteiger charge is -2.15. The molecule has 0 aliphatic rings. The van der Waals surface area contributed by atoms with Crippen LogP contribution in [0.1, 0.15) is 18.1 Å². The van der Waals surface area contributed by atoms with Crippen LogP contribution in [-0.2, 0) is 4.79 Å². The van der Waals surface area contributed by atoms with Crippen LogP contribution in [0.25, 0.3) is 11.3 Å². The molecule has 0 fully saturated rings. The SMILES string of the molecule is Cc1ccc(OC(C)C(=O)NCCOc2ccc(-c3ccc(F)cc3)nn2)cc1C. The van der Waals surface area contributed by atoms with Crippen LogP contribution >= 0.6 is 0 Å². The summed E-state index contributed by atoms with van der Waals surface area (Å²) in [6.45, 7) is 6.27. The first-order valence-electron chi connectivity index (χ1n) is 9.66. The van der Waals surface area contributed by atoms with Gasteiger partial charge < -0.3 is 14.8 Å². The second-order valence-electron chi connectivity index (χ2n) is 6.91. The summed E-state index contributed by atoms with van der Waals surface area (Å²) in [5, 5.41) is 10.8. The molecule has 1 N–H and O–H groups in total. The lowest BCUT2D eigenvalue weighted by Crippen LogP contribution is -2.38. The van der Waals surface area contributed by atoms with Crippen molar-refractivity contribution in [2.45, 2.75) is 26.9 Å². The monoisotopic (exact) mass is 409 g/mol. The van der Waals surface area contributed by atoms with Crippen molar-refractivity contribution in [2.75, 3.05) is 13.2 Å². The molecule has 0 spiro atoms. The van der Waals surface area contributed by atoms with E-state index in [1.807, 2.05) is 32.0 Å². The number of rotatable bonds is 8. The van der Waals surface area contributed by atoms with Gasteiger partial charge in [0.2, 0.25) is 5.88 Å². The lowest BCUT2D eigenvalue weighted by atomic mass is 10.1. The van der Waals surface area contributed by atoms with Crippen molar-refractivity contribution >= 4 is 5.91 Å². The van der Waals surface area contributed by atoms with Crippen molar-refractivity contribution in [3.8, 4) is 22.9 Å². The number of hydrogen-bond acceptors (Lipinski definition) is 5. The van der Waals surface area contributed by atoms with E-state index in [1.165, 1.54) is 17.7 Å². The minimum Gasteiger partial charge on any atom is -0.481 e. The van der Waals surface area contributed by atoms with Gasteiger partial charge in [0, 0.05) is 11.6 Å². The number of amides is 1. The van der Waals surface area contributed by atoms with Crippen molar-refractivity contribution < 1.29 is 18.7 Å². The number of nitrogens with zero attached hydrogens (tertiary/aromatic N) is 2. The molecule has 0 aliphatic carbocycles. The number of nitrogens with one attached hydrogen (secondary N) is 1. The van der Waals surface area contributed by atoms with E-state index in [0.717, 1.165) is 11.1 Å². The van der Waals surface area contributed by atoms with E-state index >= 15 is 0 Å². The molecular weight excluding hydrogens is 385 g/mol. The van der Waals surface area contributed by atoms with Crippen LogP contribution in [0.2, 0.25) is 0 Å². The number of halogens is 1. The zero-order chi connectivity index (χ0) is 21.5. The molecule has 2 aromatic carbocycles. The summed E-state index contributed by atoms with van der Waals surface area (Å²) in [6.07, 6.45) is -0.623. The minimum atomic E-state index is -0.623. The van der Waals surface area contributed by atoms with Gasteiger partial charge in [0.1, 0.15) is 18.2 Å². The Kier molecular flexibility index (Phi) is 6.95. The molecule has 1 heterocycles. The molecule has 0 saturated heterocycles. The molecule has 7 heteroatoms. The van der Waals surface area contributed by atoms with Crippen LogP contribution < -0.4 is 14.8 Å². The van der Waals surface area contributed by atoms with E-state index in [2.05, 4.69) is 15.5 Å². The number of aromatic nitrogens is 2. The van der Waals surface area contributed by atoms with Crippen molar-refractivity contribution in [3.63, 3.8) is 0 Å². The van der Waals surface area contributed by atoms with E-state index in [9.17, 15) is 9.18 Å². The standard InChI is InChI=1S/C23H24FN3O3/c1-15-4-9-20(14-16(15)2)30-17(3)23(28)25-12-13-29-22-11-10-21(26-27-22)18-5-7-19(24)8-6-18/h4-11,14,17H,12-13H2,1-3H3,(H,25,28). The number of aryl methyl sites for hydroxylation is 2. The Bertz CT molecular complexity index is 992. The van der Waals surface area contributed by atoms with Gasteiger partial charge in [0.25, 0.3) is 5.91 Å². The van der Waals surface area contributed by atoms with Gasteiger partial charge in [-0.25, -0.2) is 4.39 Å². The van der Waals surface area contributed by atoms with Crippen molar-refractivity contribution in [1.82, 2.24) is 15.5 Å². The highest BCUT2D eigenvalue weighted by Gasteiger charge is 2.14. The van der Waals surface area contributed by atoms with Gasteiger partial charge in [0.05, 0.1) is 12.2 Å². The van der Waals surface area contributed by atoms with E-state index in [1.54, 1.807) is 31.2 Å². The largest absolute Gasteiger partial charge is 0.481 e. The molecule has 3 rings (SSSR count). The Labute approximate surface area is 175 Å². The van der Waals surface area contributed by atoms with Gasteiger partial charge in [-0.3, -0.25) is 4.79 Å². The quantitative estimate of drug-likeness (QED) is 0.572. The van der Waals surface area contributed by atoms with Gasteiger partial charge in [0.15, 0.2) is 6.10 Å². The average Bonchev–Trinajstić information content (AvgIpc) is 2.74. The maximum atomic E-state index is 13.0. The van der Waals surface area contributed by atoms with Crippen molar-refractivity contribution in [2.24, 2.45) is 0 Å². The molecule has 0 aliphatic heterocycles. The summed E-state index contributed by atoms with van der Waals surface area (Å²) in [5.74, 6) is 0.472. The first-order chi connectivity index (χ1) is 14.4. The highest BCUT2D eigenvalue weighted by molar-refractivity contribution is 5.80. The van der Waals surface area contributed by atoms with E-state index in [0.29, 0.717) is 23.9 Å². The zero-order valence-corrected chi connectivity index (χ0v) is 17.2. The normalized spacial score (nSPS) is 11.6. The third-order valence-electron chi connectivity index (χ3n) is 4.59. The highest BCUT2D eigenvalue weighted by Crippen LogP contribution is 2.19. The summed E-state index contributed by atoms with van der Waals surface area (Å²) in [6, 6.07) is 15.2. The van der Waals surface area contributed by atoms with Gasteiger partial charge in [-0.2, -0.15) is 0 Å². The Morgan fingerprint density at radius 3 is 2.47 bits per heavy atom. The lowest BCUT2D eigenvalue weighted by molar-refractivity contribution is -0.127. The number of hydrogen-bond donors (Lipinski definition) is 1. The molecule has 1 atom stereocenters.